The molecule has 0 aliphatic rings. The van der Waals surface area contributed by atoms with Gasteiger partial charge in [0.1, 0.15) is 17.0 Å². The molecule has 0 unspecified atom stereocenters. The number of nitrogens with zero attached hydrogens (tertiary/aromatic N) is 1. The molecule has 1 heterocycles. The fourth-order valence-corrected chi connectivity index (χ4v) is 4.30. The number of hydrogen-bond donors (Lipinski definition) is 1. The van der Waals surface area contributed by atoms with Crippen molar-refractivity contribution < 1.29 is 18.3 Å². The minimum atomic E-state index is -3.19. The number of aromatic nitrogens is 1. The van der Waals surface area contributed by atoms with Gasteiger partial charge in [-0.2, -0.15) is 0 Å². The number of hydrogen-bond acceptors (Lipinski definition) is 6. The van der Waals surface area contributed by atoms with E-state index in [0.717, 1.165) is 26.2 Å². The molecule has 3 rings (SSSR count). The molecule has 0 aliphatic carbocycles. The van der Waals surface area contributed by atoms with Gasteiger partial charge in [0.2, 0.25) is 0 Å². The molecule has 3 aromatic rings. The van der Waals surface area contributed by atoms with E-state index in [9.17, 15) is 13.5 Å². The predicted molar refractivity (Wildman–Crippen MR) is 117 cm³/mol. The van der Waals surface area contributed by atoms with E-state index in [1.807, 2.05) is 37.3 Å². The van der Waals surface area contributed by atoms with Crippen LogP contribution in [0.15, 0.2) is 48.4 Å². The third kappa shape index (κ3) is 5.83. The van der Waals surface area contributed by atoms with Gasteiger partial charge in [0.25, 0.3) is 0 Å². The summed E-state index contributed by atoms with van der Waals surface area (Å²) in [5.41, 5.74) is 2.35. The maximum absolute atomic E-state index is 11.4. The number of aryl methyl sites for hydroxylation is 1. The molecule has 5 nitrogen and oxygen atoms in total. The molecule has 0 spiro atoms. The molecule has 0 saturated carbocycles. The van der Waals surface area contributed by atoms with Crippen molar-refractivity contribution in [1.29, 1.82) is 0 Å². The van der Waals surface area contributed by atoms with Crippen molar-refractivity contribution in [2.75, 3.05) is 12.4 Å². The van der Waals surface area contributed by atoms with Crippen molar-refractivity contribution in [3.05, 3.63) is 64.5 Å². The molecule has 0 saturated heterocycles. The van der Waals surface area contributed by atoms with Crippen LogP contribution in [0.2, 0.25) is 0 Å². The number of phenols is 1. The fraction of sp³-hybridized carbons (Fsp3) is 0.227. The molecular formula is C22H21NO4S2. The van der Waals surface area contributed by atoms with Crippen molar-refractivity contribution in [2.24, 2.45) is 0 Å². The van der Waals surface area contributed by atoms with Gasteiger partial charge in [-0.1, -0.05) is 30.6 Å². The van der Waals surface area contributed by atoms with Gasteiger partial charge >= 0.3 is 0 Å². The van der Waals surface area contributed by atoms with E-state index in [1.54, 1.807) is 6.07 Å². The van der Waals surface area contributed by atoms with Crippen LogP contribution in [-0.2, 0) is 16.3 Å². The summed E-state index contributed by atoms with van der Waals surface area (Å²) in [6.07, 6.45) is 0.934. The Kier molecular flexibility index (Phi) is 6.57. The highest BCUT2D eigenvalue weighted by Gasteiger charge is 2.07. The maximum Gasteiger partial charge on any atom is 0.171 e. The second-order valence-corrected chi connectivity index (χ2v) is 9.74. The third-order valence-electron chi connectivity index (χ3n) is 4.10. The summed E-state index contributed by atoms with van der Waals surface area (Å²) >= 11 is 1.53. The largest absolute Gasteiger partial charge is 0.506 e. The summed E-state index contributed by atoms with van der Waals surface area (Å²) in [6, 6.07) is 11.1. The van der Waals surface area contributed by atoms with E-state index in [1.165, 1.54) is 11.3 Å². The van der Waals surface area contributed by atoms with E-state index >= 15 is 0 Å². The number of aromatic hydroxyl groups is 1. The van der Waals surface area contributed by atoms with Gasteiger partial charge in [-0.25, -0.2) is 13.4 Å². The van der Waals surface area contributed by atoms with E-state index in [-0.39, 0.29) is 11.5 Å². The van der Waals surface area contributed by atoms with Gasteiger partial charge in [-0.05, 0) is 43.2 Å². The summed E-state index contributed by atoms with van der Waals surface area (Å²) in [5.74, 6) is 7.05. The van der Waals surface area contributed by atoms with Gasteiger partial charge in [-0.3, -0.25) is 0 Å². The monoisotopic (exact) mass is 427 g/mol. The first-order valence-electron chi connectivity index (χ1n) is 9.02. The SMILES string of the molecule is C=CS(=O)(=O)CCCOc1cccc(CC#Cc2cc(O)c3nc(C)sc3c2)c1. The molecule has 0 bridgehead atoms. The molecule has 0 atom stereocenters. The number of rotatable bonds is 7. The smallest absolute Gasteiger partial charge is 0.171 e. The topological polar surface area (TPSA) is 76.5 Å². The highest BCUT2D eigenvalue weighted by atomic mass is 32.2. The average Bonchev–Trinajstić information content (AvgIpc) is 3.07. The first-order chi connectivity index (χ1) is 13.9. The first-order valence-corrected chi connectivity index (χ1v) is 11.6. The van der Waals surface area contributed by atoms with Gasteiger partial charge in [0, 0.05) is 17.4 Å². The number of fused-ring (bicyclic) bond motifs is 1. The molecule has 1 N–H and O–H groups in total. The Bertz CT molecular complexity index is 1200. The number of ether oxygens (including phenoxy) is 1. The fourth-order valence-electron chi connectivity index (χ4n) is 2.72. The minimum absolute atomic E-state index is 0.0259. The van der Waals surface area contributed by atoms with Gasteiger partial charge in [0.15, 0.2) is 9.84 Å². The maximum atomic E-state index is 11.4. The molecule has 0 aliphatic heterocycles. The van der Waals surface area contributed by atoms with Crippen LogP contribution < -0.4 is 4.74 Å². The van der Waals surface area contributed by atoms with Gasteiger partial charge < -0.3 is 9.84 Å². The lowest BCUT2D eigenvalue weighted by molar-refractivity contribution is 0.317. The lowest BCUT2D eigenvalue weighted by atomic mass is 10.1. The summed E-state index contributed by atoms with van der Waals surface area (Å²) in [5, 5.41) is 12.0. The minimum Gasteiger partial charge on any atom is -0.506 e. The lowest BCUT2D eigenvalue weighted by Crippen LogP contribution is -2.07. The van der Waals surface area contributed by atoms with Crippen LogP contribution in [0.1, 0.15) is 22.6 Å². The molecular weight excluding hydrogens is 406 g/mol. The average molecular weight is 428 g/mol. The Morgan fingerprint density at radius 2 is 2.14 bits per heavy atom. The van der Waals surface area contributed by atoms with Crippen molar-refractivity contribution in [1.82, 2.24) is 4.98 Å². The van der Waals surface area contributed by atoms with Crippen LogP contribution >= 0.6 is 11.3 Å². The van der Waals surface area contributed by atoms with Gasteiger partial charge in [0.05, 0.1) is 22.1 Å². The molecule has 1 aromatic heterocycles. The van der Waals surface area contributed by atoms with Crippen LogP contribution in [0.3, 0.4) is 0 Å². The quantitative estimate of drug-likeness (QED) is 0.451. The zero-order chi connectivity index (χ0) is 20.9. The Morgan fingerprint density at radius 3 is 2.93 bits per heavy atom. The zero-order valence-corrected chi connectivity index (χ0v) is 17.6. The Hall–Kier alpha value is -2.82. The zero-order valence-electron chi connectivity index (χ0n) is 16.0. The molecule has 0 radical (unpaired) electrons. The molecule has 0 amide bonds. The summed E-state index contributed by atoms with van der Waals surface area (Å²) in [4.78, 5) is 4.31. The van der Waals surface area contributed by atoms with Crippen LogP contribution in [-0.4, -0.2) is 30.9 Å². The highest BCUT2D eigenvalue weighted by Crippen LogP contribution is 2.30. The van der Waals surface area contributed by atoms with E-state index in [0.29, 0.717) is 30.7 Å². The lowest BCUT2D eigenvalue weighted by Gasteiger charge is -2.06. The second kappa shape index (κ2) is 9.12. The molecule has 150 valence electrons. The van der Waals surface area contributed by atoms with Crippen LogP contribution in [0.4, 0.5) is 0 Å². The molecule has 29 heavy (non-hydrogen) atoms. The van der Waals surface area contributed by atoms with Crippen molar-refractivity contribution >= 4 is 31.4 Å². The Labute approximate surface area is 174 Å². The van der Waals surface area contributed by atoms with Crippen LogP contribution in [0, 0.1) is 18.8 Å². The number of thiazole rings is 1. The standard InChI is InChI=1S/C22H21NO4S2/c1-3-29(25,26)12-6-11-27-19-10-5-8-17(13-19)7-4-9-18-14-20(24)22-21(15-18)28-16(2)23-22/h3,5,8,10,13-15,24H,1,6-7,11-12H2,2H3. The predicted octanol–water partition coefficient (Wildman–Crippen LogP) is 4.23. The van der Waals surface area contributed by atoms with Crippen LogP contribution in [0.5, 0.6) is 11.5 Å². The van der Waals surface area contributed by atoms with Crippen molar-refractivity contribution in [2.45, 2.75) is 19.8 Å². The Balaban J connectivity index is 1.61. The first kappa shape index (κ1) is 20.9. The summed E-state index contributed by atoms with van der Waals surface area (Å²) < 4.78 is 29.3. The van der Waals surface area contributed by atoms with Crippen LogP contribution in [0.25, 0.3) is 10.2 Å². The van der Waals surface area contributed by atoms with Crippen molar-refractivity contribution in [3.8, 4) is 23.3 Å². The van der Waals surface area contributed by atoms with Crippen molar-refractivity contribution in [3.63, 3.8) is 0 Å². The van der Waals surface area contributed by atoms with E-state index in [2.05, 4.69) is 23.4 Å². The number of benzene rings is 2. The molecule has 0 fully saturated rings. The number of phenolic OH excluding ortho intramolecular Hbond substituents is 1. The normalized spacial score (nSPS) is 11.1. The molecule has 2 aromatic carbocycles. The summed E-state index contributed by atoms with van der Waals surface area (Å²) in [7, 11) is -3.19. The Morgan fingerprint density at radius 1 is 1.31 bits per heavy atom. The second-order valence-electron chi connectivity index (χ2n) is 6.44. The van der Waals surface area contributed by atoms with Gasteiger partial charge in [-0.15, -0.1) is 11.3 Å². The highest BCUT2D eigenvalue weighted by molar-refractivity contribution is 7.94. The summed E-state index contributed by atoms with van der Waals surface area (Å²) in [6.45, 7) is 5.51. The third-order valence-corrected chi connectivity index (χ3v) is 6.38. The van der Waals surface area contributed by atoms with E-state index in [4.69, 9.17) is 4.74 Å². The van der Waals surface area contributed by atoms with E-state index < -0.39 is 9.84 Å². The number of sulfone groups is 1. The molecule has 7 heteroatoms.